The third kappa shape index (κ3) is 3.70. The van der Waals surface area contributed by atoms with Gasteiger partial charge in [0, 0.05) is 23.2 Å². The van der Waals surface area contributed by atoms with Crippen LogP contribution in [0.4, 0.5) is 0 Å². The van der Waals surface area contributed by atoms with Crippen molar-refractivity contribution in [1.82, 2.24) is 5.32 Å². The summed E-state index contributed by atoms with van der Waals surface area (Å²) in [7, 11) is 0. The van der Waals surface area contributed by atoms with Crippen molar-refractivity contribution in [2.75, 3.05) is 0 Å². The van der Waals surface area contributed by atoms with Crippen LogP contribution < -0.4 is 16.5 Å². The molecule has 2 aromatic carbocycles. The number of nitrogens with two attached hydrogens (primary N) is 1. The van der Waals surface area contributed by atoms with Gasteiger partial charge in [0.05, 0.1) is 5.39 Å². The van der Waals surface area contributed by atoms with Crippen LogP contribution in [0.15, 0.2) is 57.7 Å². The summed E-state index contributed by atoms with van der Waals surface area (Å²) in [6.07, 6.45) is 0. The zero-order valence-electron chi connectivity index (χ0n) is 12.9. The first-order valence-corrected chi connectivity index (χ1v) is 7.72. The summed E-state index contributed by atoms with van der Waals surface area (Å²) in [4.78, 5) is 35.3. The van der Waals surface area contributed by atoms with Gasteiger partial charge in [-0.15, -0.1) is 0 Å². The summed E-state index contributed by atoms with van der Waals surface area (Å²) in [5.41, 5.74) is 6.26. The van der Waals surface area contributed by atoms with E-state index in [9.17, 15) is 14.4 Å². The van der Waals surface area contributed by atoms with Crippen LogP contribution in [0, 0.1) is 0 Å². The summed E-state index contributed by atoms with van der Waals surface area (Å²) in [5.74, 6) is -1.13. The smallest absolute Gasteiger partial charge is 0.287 e. The van der Waals surface area contributed by atoms with Gasteiger partial charge in [0.25, 0.3) is 5.91 Å². The Balaban J connectivity index is 1.77. The van der Waals surface area contributed by atoms with E-state index in [1.807, 2.05) is 0 Å². The van der Waals surface area contributed by atoms with Crippen molar-refractivity contribution < 1.29 is 14.0 Å². The molecule has 0 radical (unpaired) electrons. The first kappa shape index (κ1) is 16.7. The zero-order valence-corrected chi connectivity index (χ0v) is 13.7. The maximum atomic E-state index is 12.2. The molecule has 6 nitrogen and oxygen atoms in total. The minimum atomic E-state index is -0.520. The fourth-order valence-corrected chi connectivity index (χ4v) is 2.47. The second-order valence-electron chi connectivity index (χ2n) is 5.36. The number of nitrogens with one attached hydrogen (secondary N) is 1. The molecule has 0 aliphatic heterocycles. The number of carbonyl (C=O) groups excluding carboxylic acids is 2. The standard InChI is InChI=1S/C18H13ClN2O4/c19-12-5-6-15-13(7-12)14(22)8-16(25-15)18(24)21-9-10-1-3-11(4-2-10)17(20)23/h1-8H,9H2,(H2,20,23)(H,21,24). The van der Waals surface area contributed by atoms with Gasteiger partial charge in [-0.05, 0) is 35.9 Å². The van der Waals surface area contributed by atoms with Gasteiger partial charge in [-0.2, -0.15) is 0 Å². The zero-order chi connectivity index (χ0) is 18.0. The maximum absolute atomic E-state index is 12.2. The predicted octanol–water partition coefficient (Wildman–Crippen LogP) is 2.48. The molecule has 126 valence electrons. The van der Waals surface area contributed by atoms with Crippen LogP contribution in [0.2, 0.25) is 5.02 Å². The highest BCUT2D eigenvalue weighted by Crippen LogP contribution is 2.17. The highest BCUT2D eigenvalue weighted by Gasteiger charge is 2.12. The average molecular weight is 357 g/mol. The highest BCUT2D eigenvalue weighted by atomic mass is 35.5. The topological polar surface area (TPSA) is 102 Å². The number of hydrogen-bond donors (Lipinski definition) is 2. The molecule has 3 rings (SSSR count). The number of rotatable bonds is 4. The van der Waals surface area contributed by atoms with Crippen LogP contribution in [-0.2, 0) is 6.54 Å². The van der Waals surface area contributed by atoms with E-state index >= 15 is 0 Å². The van der Waals surface area contributed by atoms with Gasteiger partial charge >= 0.3 is 0 Å². The molecule has 0 spiro atoms. The molecule has 0 saturated heterocycles. The molecule has 0 bridgehead atoms. The van der Waals surface area contributed by atoms with E-state index in [2.05, 4.69) is 5.32 Å². The second-order valence-corrected chi connectivity index (χ2v) is 5.80. The minimum Gasteiger partial charge on any atom is -0.451 e. The van der Waals surface area contributed by atoms with Crippen LogP contribution in [0.1, 0.15) is 26.5 Å². The van der Waals surface area contributed by atoms with Crippen LogP contribution in [0.25, 0.3) is 11.0 Å². The van der Waals surface area contributed by atoms with E-state index in [1.165, 1.54) is 6.07 Å². The van der Waals surface area contributed by atoms with Crippen LogP contribution >= 0.6 is 11.6 Å². The molecule has 3 aromatic rings. The van der Waals surface area contributed by atoms with Gasteiger partial charge < -0.3 is 15.5 Å². The Morgan fingerprint density at radius 1 is 1.08 bits per heavy atom. The van der Waals surface area contributed by atoms with E-state index in [4.69, 9.17) is 21.8 Å². The molecule has 1 aromatic heterocycles. The Hall–Kier alpha value is -3.12. The Kier molecular flexibility index (Phi) is 4.54. The molecule has 7 heteroatoms. The fraction of sp³-hybridized carbons (Fsp3) is 0.0556. The highest BCUT2D eigenvalue weighted by molar-refractivity contribution is 6.31. The Bertz CT molecular complexity index is 1030. The number of benzene rings is 2. The monoisotopic (exact) mass is 356 g/mol. The quantitative estimate of drug-likeness (QED) is 0.749. The fourth-order valence-electron chi connectivity index (χ4n) is 2.30. The van der Waals surface area contributed by atoms with Gasteiger partial charge in [0.1, 0.15) is 5.58 Å². The lowest BCUT2D eigenvalue weighted by atomic mass is 10.1. The van der Waals surface area contributed by atoms with Crippen LogP contribution in [0.5, 0.6) is 0 Å². The van der Waals surface area contributed by atoms with Crippen molar-refractivity contribution in [2.24, 2.45) is 5.73 Å². The number of amides is 2. The number of primary amides is 1. The minimum absolute atomic E-state index is 0.0893. The number of carbonyl (C=O) groups is 2. The molecule has 3 N–H and O–H groups in total. The third-order valence-corrected chi connectivity index (χ3v) is 3.84. The maximum Gasteiger partial charge on any atom is 0.287 e. The molecule has 0 atom stereocenters. The summed E-state index contributed by atoms with van der Waals surface area (Å²) in [6, 6.07) is 12.2. The summed E-state index contributed by atoms with van der Waals surface area (Å²) in [5, 5.41) is 3.38. The Labute approximate surface area is 147 Å². The van der Waals surface area contributed by atoms with Gasteiger partial charge in [-0.1, -0.05) is 23.7 Å². The summed E-state index contributed by atoms with van der Waals surface area (Å²) < 4.78 is 5.47. The Morgan fingerprint density at radius 3 is 2.48 bits per heavy atom. The second kappa shape index (κ2) is 6.78. The molecule has 0 aliphatic carbocycles. The molecule has 25 heavy (non-hydrogen) atoms. The Morgan fingerprint density at radius 2 is 1.80 bits per heavy atom. The molecule has 0 unspecified atom stereocenters. The van der Waals surface area contributed by atoms with E-state index in [1.54, 1.807) is 36.4 Å². The van der Waals surface area contributed by atoms with Gasteiger partial charge in [0.15, 0.2) is 11.2 Å². The molecule has 2 amide bonds. The first-order valence-electron chi connectivity index (χ1n) is 7.34. The summed E-state index contributed by atoms with van der Waals surface area (Å²) in [6.45, 7) is 0.209. The predicted molar refractivity (Wildman–Crippen MR) is 93.6 cm³/mol. The van der Waals surface area contributed by atoms with E-state index in [0.29, 0.717) is 16.0 Å². The average Bonchev–Trinajstić information content (AvgIpc) is 2.60. The third-order valence-electron chi connectivity index (χ3n) is 3.60. The van der Waals surface area contributed by atoms with Crippen molar-refractivity contribution >= 4 is 34.4 Å². The SMILES string of the molecule is NC(=O)c1ccc(CNC(=O)c2cc(=O)c3cc(Cl)ccc3o2)cc1. The van der Waals surface area contributed by atoms with E-state index in [0.717, 1.165) is 11.6 Å². The number of hydrogen-bond acceptors (Lipinski definition) is 4. The van der Waals surface area contributed by atoms with Crippen LogP contribution in [0.3, 0.4) is 0 Å². The van der Waals surface area contributed by atoms with E-state index in [-0.39, 0.29) is 23.3 Å². The van der Waals surface area contributed by atoms with Gasteiger partial charge in [0.2, 0.25) is 5.91 Å². The van der Waals surface area contributed by atoms with Crippen molar-refractivity contribution in [3.63, 3.8) is 0 Å². The lowest BCUT2D eigenvalue weighted by Gasteiger charge is -2.06. The lowest BCUT2D eigenvalue weighted by Crippen LogP contribution is -2.24. The van der Waals surface area contributed by atoms with Crippen molar-refractivity contribution in [1.29, 1.82) is 0 Å². The normalized spacial score (nSPS) is 10.6. The largest absolute Gasteiger partial charge is 0.451 e. The molecule has 0 aliphatic rings. The molecule has 0 fully saturated rings. The first-order chi connectivity index (χ1) is 11.9. The molecular weight excluding hydrogens is 344 g/mol. The number of fused-ring (bicyclic) bond motifs is 1. The van der Waals surface area contributed by atoms with Crippen molar-refractivity contribution in [2.45, 2.75) is 6.54 Å². The molecule has 0 saturated carbocycles. The van der Waals surface area contributed by atoms with E-state index < -0.39 is 11.8 Å². The lowest BCUT2D eigenvalue weighted by molar-refractivity contribution is 0.0922. The molecular formula is C18H13ClN2O4. The molecule has 1 heterocycles. The number of halogens is 1. The van der Waals surface area contributed by atoms with Crippen molar-refractivity contribution in [3.8, 4) is 0 Å². The van der Waals surface area contributed by atoms with Crippen molar-refractivity contribution in [3.05, 3.63) is 80.7 Å². The van der Waals surface area contributed by atoms with Gasteiger partial charge in [-0.25, -0.2) is 0 Å². The summed E-state index contributed by atoms with van der Waals surface area (Å²) >= 11 is 5.85. The van der Waals surface area contributed by atoms with Crippen LogP contribution in [-0.4, -0.2) is 11.8 Å². The van der Waals surface area contributed by atoms with Gasteiger partial charge in [-0.3, -0.25) is 14.4 Å².